The number of carboxylic acids is 1. The molecule has 0 atom stereocenters. The fraction of sp³-hybridized carbons (Fsp3) is 0.692. The maximum atomic E-state index is 11.1. The minimum Gasteiger partial charge on any atom is -0.478 e. The first-order valence-electron chi connectivity index (χ1n) is 5.96. The molecule has 0 spiro atoms. The van der Waals surface area contributed by atoms with E-state index in [0.717, 1.165) is 12.2 Å². The van der Waals surface area contributed by atoms with Crippen molar-refractivity contribution in [3.63, 3.8) is 0 Å². The number of esters is 1. The number of ether oxygens (including phenoxy) is 1. The van der Waals surface area contributed by atoms with Crippen LogP contribution in [0.4, 0.5) is 0 Å². The minimum absolute atomic E-state index is 0.114. The Bertz CT molecular complexity index is 338. The molecule has 0 aliphatic heterocycles. The summed E-state index contributed by atoms with van der Waals surface area (Å²) in [5, 5.41) is 8.33. The molecule has 0 aliphatic rings. The maximum Gasteiger partial charge on any atom is 0.331 e. The Morgan fingerprint density at radius 2 is 1.63 bits per heavy atom. The third kappa shape index (κ3) is 11.4. The monoisotopic (exact) mass is 274 g/mol. The molecule has 1 N–H and O–H groups in total. The Morgan fingerprint density at radius 3 is 2.11 bits per heavy atom. The van der Waals surface area contributed by atoms with Crippen molar-refractivity contribution in [3.05, 3.63) is 12.2 Å². The average Bonchev–Trinajstić information content (AvgIpc) is 2.23. The van der Waals surface area contributed by atoms with E-state index in [2.05, 4.69) is 0 Å². The number of aliphatic carboxylic acids is 1. The van der Waals surface area contributed by atoms with Crippen molar-refractivity contribution in [2.75, 3.05) is 6.61 Å². The van der Waals surface area contributed by atoms with Crippen molar-refractivity contribution in [2.24, 2.45) is 0 Å². The highest BCUT2D eigenvalue weighted by Crippen LogP contribution is 2.19. The molecule has 110 valence electrons. The molecule has 0 radical (unpaired) electrons. The van der Waals surface area contributed by atoms with Crippen LogP contribution in [0.3, 0.4) is 0 Å². The van der Waals surface area contributed by atoms with Gasteiger partial charge in [0.2, 0.25) is 0 Å². The first kappa shape index (κ1) is 17.6. The summed E-state index contributed by atoms with van der Waals surface area (Å²) in [5.74, 6) is -1.89. The number of carboxylic acid groups (broad SMARTS) is 1. The van der Waals surface area contributed by atoms with Crippen LogP contribution in [0.1, 0.15) is 41.0 Å². The quantitative estimate of drug-likeness (QED) is 0.331. The number of carbonyl (C=O) groups is 2. The zero-order chi connectivity index (χ0) is 15.1. The first-order chi connectivity index (χ1) is 8.52. The second kappa shape index (κ2) is 7.25. The van der Waals surface area contributed by atoms with Crippen molar-refractivity contribution in [1.82, 2.24) is 0 Å². The van der Waals surface area contributed by atoms with Crippen LogP contribution in [0, 0.1) is 0 Å². The van der Waals surface area contributed by atoms with Crippen LogP contribution in [-0.2, 0) is 24.1 Å². The van der Waals surface area contributed by atoms with Gasteiger partial charge >= 0.3 is 11.9 Å². The van der Waals surface area contributed by atoms with Crippen molar-refractivity contribution in [1.29, 1.82) is 0 Å². The lowest BCUT2D eigenvalue weighted by atomic mass is 10.1. The summed E-state index contributed by atoms with van der Waals surface area (Å²) < 4.78 is 4.84. The zero-order valence-electron chi connectivity index (χ0n) is 12.1. The fourth-order valence-corrected chi connectivity index (χ4v) is 0.864. The van der Waals surface area contributed by atoms with Crippen molar-refractivity contribution < 1.29 is 29.2 Å². The molecule has 0 fully saturated rings. The fourth-order valence-electron chi connectivity index (χ4n) is 0.864. The van der Waals surface area contributed by atoms with Crippen LogP contribution in [-0.4, -0.2) is 34.9 Å². The molecule has 0 aromatic heterocycles. The van der Waals surface area contributed by atoms with E-state index in [-0.39, 0.29) is 6.61 Å². The first-order valence-corrected chi connectivity index (χ1v) is 5.96. The third-order valence-electron chi connectivity index (χ3n) is 1.83. The van der Waals surface area contributed by atoms with Crippen LogP contribution < -0.4 is 0 Å². The number of carbonyl (C=O) groups excluding carboxylic acids is 1. The van der Waals surface area contributed by atoms with Gasteiger partial charge in [0.15, 0.2) is 0 Å². The minimum atomic E-state index is -1.20. The van der Waals surface area contributed by atoms with Gasteiger partial charge in [-0.3, -0.25) is 0 Å². The molecule has 0 aromatic rings. The predicted molar refractivity (Wildman–Crippen MR) is 68.4 cm³/mol. The lowest BCUT2D eigenvalue weighted by Crippen LogP contribution is -2.32. The summed E-state index contributed by atoms with van der Waals surface area (Å²) in [6.07, 6.45) is 2.02. The normalized spacial score (nSPS) is 12.7. The summed E-state index contributed by atoms with van der Waals surface area (Å²) in [6.45, 7) is 9.31. The van der Waals surface area contributed by atoms with Crippen LogP contribution in [0.25, 0.3) is 0 Å². The Hall–Kier alpha value is -1.40. The van der Waals surface area contributed by atoms with Gasteiger partial charge in [0.25, 0.3) is 0 Å². The molecule has 0 heterocycles. The second-order valence-corrected chi connectivity index (χ2v) is 5.63. The van der Waals surface area contributed by atoms with Gasteiger partial charge in [-0.15, -0.1) is 0 Å². The van der Waals surface area contributed by atoms with Gasteiger partial charge in [0, 0.05) is 18.6 Å². The molecule has 0 unspecified atom stereocenters. The van der Waals surface area contributed by atoms with Gasteiger partial charge < -0.3 is 9.84 Å². The summed E-state index contributed by atoms with van der Waals surface area (Å²) in [6, 6.07) is 0. The lowest BCUT2D eigenvalue weighted by molar-refractivity contribution is -0.398. The van der Waals surface area contributed by atoms with Gasteiger partial charge in [-0.1, -0.05) is 0 Å². The van der Waals surface area contributed by atoms with E-state index in [1.807, 2.05) is 20.8 Å². The number of rotatable bonds is 7. The van der Waals surface area contributed by atoms with Crippen LogP contribution in [0.2, 0.25) is 0 Å². The van der Waals surface area contributed by atoms with E-state index in [1.54, 1.807) is 13.8 Å². The van der Waals surface area contributed by atoms with E-state index in [4.69, 9.17) is 19.6 Å². The highest BCUT2D eigenvalue weighted by Gasteiger charge is 2.24. The summed E-state index contributed by atoms with van der Waals surface area (Å²) in [4.78, 5) is 31.8. The Morgan fingerprint density at radius 1 is 1.05 bits per heavy atom. The molecule has 0 aromatic carbocycles. The van der Waals surface area contributed by atoms with E-state index < -0.39 is 23.1 Å². The van der Waals surface area contributed by atoms with Gasteiger partial charge in [-0.05, 0) is 34.6 Å². The third-order valence-corrected chi connectivity index (χ3v) is 1.83. The predicted octanol–water partition coefficient (Wildman–Crippen LogP) is 2.09. The van der Waals surface area contributed by atoms with Crippen molar-refractivity contribution in [3.8, 4) is 0 Å². The molecule has 19 heavy (non-hydrogen) atoms. The average molecular weight is 274 g/mol. The zero-order valence-corrected chi connectivity index (χ0v) is 12.1. The molecule has 0 bridgehead atoms. The second-order valence-electron chi connectivity index (χ2n) is 5.63. The van der Waals surface area contributed by atoms with Crippen LogP contribution >= 0.6 is 0 Å². The Labute approximate surface area is 113 Å². The van der Waals surface area contributed by atoms with Gasteiger partial charge in [0.1, 0.15) is 5.60 Å². The van der Waals surface area contributed by atoms with Gasteiger partial charge in [0.05, 0.1) is 12.2 Å². The Balaban J connectivity index is 3.98. The van der Waals surface area contributed by atoms with E-state index in [9.17, 15) is 9.59 Å². The molecule has 0 rings (SSSR count). The van der Waals surface area contributed by atoms with Crippen LogP contribution in [0.15, 0.2) is 12.2 Å². The molecule has 0 saturated carbocycles. The topological polar surface area (TPSA) is 82.1 Å². The molecular weight excluding hydrogens is 252 g/mol. The number of hydrogen-bond acceptors (Lipinski definition) is 5. The summed E-state index contributed by atoms with van der Waals surface area (Å²) in [5.41, 5.74) is -1.03. The molecule has 6 nitrogen and oxygen atoms in total. The molecule has 0 amide bonds. The number of hydrogen-bond donors (Lipinski definition) is 1. The van der Waals surface area contributed by atoms with E-state index in [1.165, 1.54) is 0 Å². The maximum absolute atomic E-state index is 11.1. The summed E-state index contributed by atoms with van der Waals surface area (Å²) in [7, 11) is 0. The smallest absolute Gasteiger partial charge is 0.331 e. The Kier molecular flexibility index (Phi) is 6.72. The van der Waals surface area contributed by atoms with Crippen molar-refractivity contribution >= 4 is 11.9 Å². The van der Waals surface area contributed by atoms with Gasteiger partial charge in [-0.2, -0.15) is 0 Å². The highest BCUT2D eigenvalue weighted by molar-refractivity contribution is 5.90. The standard InChI is InChI=1S/C13H22O6/c1-12(2,3)18-19-13(4,5)8-9-17-11(16)7-6-10(14)15/h6-7H,8-9H2,1-5H3,(H,14,15)/b7-6-. The molecular formula is C13H22O6. The molecule has 0 saturated heterocycles. The largest absolute Gasteiger partial charge is 0.478 e. The van der Waals surface area contributed by atoms with Gasteiger partial charge in [-0.25, -0.2) is 19.4 Å². The summed E-state index contributed by atoms with van der Waals surface area (Å²) >= 11 is 0. The molecule has 6 heteroatoms. The van der Waals surface area contributed by atoms with E-state index in [0.29, 0.717) is 6.42 Å². The molecule has 0 aliphatic carbocycles. The van der Waals surface area contributed by atoms with Crippen molar-refractivity contribution in [2.45, 2.75) is 52.2 Å². The highest BCUT2D eigenvalue weighted by atomic mass is 17.2. The van der Waals surface area contributed by atoms with E-state index >= 15 is 0 Å². The SMILES string of the molecule is CC(C)(C)OOC(C)(C)CCOC(=O)/C=C\C(=O)O. The van der Waals surface area contributed by atoms with Crippen LogP contribution in [0.5, 0.6) is 0 Å². The lowest BCUT2D eigenvalue weighted by Gasteiger charge is -2.28.